The molecule has 0 amide bonds. The van der Waals surface area contributed by atoms with Crippen molar-refractivity contribution in [2.75, 3.05) is 0 Å². The summed E-state index contributed by atoms with van der Waals surface area (Å²) in [5.41, 5.74) is 0. The van der Waals surface area contributed by atoms with Gasteiger partial charge in [0.1, 0.15) is 0 Å². The van der Waals surface area contributed by atoms with Gasteiger partial charge in [0.2, 0.25) is 0 Å². The van der Waals surface area contributed by atoms with Crippen LogP contribution < -0.4 is 0 Å². The summed E-state index contributed by atoms with van der Waals surface area (Å²) in [6.07, 6.45) is 5.69. The maximum Gasteiger partial charge on any atom is 0.0948 e. The van der Waals surface area contributed by atoms with Crippen molar-refractivity contribution < 1.29 is 0 Å². The Bertz CT molecular complexity index is 177. The molecule has 10 heavy (non-hydrogen) atoms. The van der Waals surface area contributed by atoms with Crippen molar-refractivity contribution in [3.63, 3.8) is 0 Å². The Hall–Kier alpha value is -0.790. The predicted octanol–water partition coefficient (Wildman–Crippen LogP) is 2.10. The van der Waals surface area contributed by atoms with Gasteiger partial charge in [-0.2, -0.15) is 0 Å². The van der Waals surface area contributed by atoms with Gasteiger partial charge in [0.05, 0.1) is 6.33 Å². The summed E-state index contributed by atoms with van der Waals surface area (Å²) < 4.78 is 2.13. The van der Waals surface area contributed by atoms with Crippen molar-refractivity contribution in [2.45, 2.75) is 26.8 Å². The van der Waals surface area contributed by atoms with Crippen LogP contribution in [0, 0.1) is 5.92 Å². The maximum atomic E-state index is 3.99. The summed E-state index contributed by atoms with van der Waals surface area (Å²) in [5, 5.41) is 0. The minimum atomic E-state index is 0.558. The zero-order valence-corrected chi connectivity index (χ0v) is 6.78. The van der Waals surface area contributed by atoms with Crippen LogP contribution in [0.25, 0.3) is 0 Å². The SMILES string of the molecule is CC(C)[C@@H](C)n1ccnc1. The van der Waals surface area contributed by atoms with Crippen LogP contribution in [0.1, 0.15) is 26.8 Å². The number of imidazole rings is 1. The minimum absolute atomic E-state index is 0.558. The maximum absolute atomic E-state index is 3.99. The van der Waals surface area contributed by atoms with Gasteiger partial charge in [-0.15, -0.1) is 0 Å². The third kappa shape index (κ3) is 1.38. The zero-order chi connectivity index (χ0) is 7.56. The van der Waals surface area contributed by atoms with E-state index >= 15 is 0 Å². The first-order valence-electron chi connectivity index (χ1n) is 3.69. The highest BCUT2D eigenvalue weighted by Gasteiger charge is 2.06. The lowest BCUT2D eigenvalue weighted by molar-refractivity contribution is 0.408. The second-order valence-electron chi connectivity index (χ2n) is 2.99. The molecular weight excluding hydrogens is 124 g/mol. The minimum Gasteiger partial charge on any atom is -0.334 e. The monoisotopic (exact) mass is 138 g/mol. The molecule has 0 saturated carbocycles. The molecule has 1 aromatic rings. The number of rotatable bonds is 2. The van der Waals surface area contributed by atoms with E-state index in [1.165, 1.54) is 0 Å². The van der Waals surface area contributed by atoms with Gasteiger partial charge < -0.3 is 4.57 Å². The normalized spacial score (nSPS) is 14.0. The van der Waals surface area contributed by atoms with Gasteiger partial charge in [-0.05, 0) is 12.8 Å². The molecule has 1 rings (SSSR count). The van der Waals surface area contributed by atoms with Gasteiger partial charge in [-0.3, -0.25) is 0 Å². The molecule has 0 aliphatic heterocycles. The Balaban J connectivity index is 2.68. The van der Waals surface area contributed by atoms with E-state index in [2.05, 4.69) is 30.3 Å². The molecule has 0 N–H and O–H groups in total. The summed E-state index contributed by atoms with van der Waals surface area (Å²) in [5.74, 6) is 0.675. The van der Waals surface area contributed by atoms with E-state index in [0.29, 0.717) is 12.0 Å². The molecular formula is C8H14N2. The van der Waals surface area contributed by atoms with Crippen molar-refractivity contribution in [3.8, 4) is 0 Å². The van der Waals surface area contributed by atoms with Crippen LogP contribution >= 0.6 is 0 Å². The predicted molar refractivity (Wildman–Crippen MR) is 41.8 cm³/mol. The van der Waals surface area contributed by atoms with Gasteiger partial charge in [-0.25, -0.2) is 4.98 Å². The van der Waals surface area contributed by atoms with E-state index in [0.717, 1.165) is 0 Å². The first-order valence-corrected chi connectivity index (χ1v) is 3.69. The Morgan fingerprint density at radius 2 is 2.00 bits per heavy atom. The topological polar surface area (TPSA) is 17.8 Å². The van der Waals surface area contributed by atoms with E-state index in [-0.39, 0.29) is 0 Å². The summed E-state index contributed by atoms with van der Waals surface area (Å²) in [4.78, 5) is 3.99. The molecule has 0 aromatic carbocycles. The Kier molecular flexibility index (Phi) is 2.10. The second kappa shape index (κ2) is 2.86. The van der Waals surface area contributed by atoms with E-state index in [4.69, 9.17) is 0 Å². The van der Waals surface area contributed by atoms with Crippen LogP contribution in [0.4, 0.5) is 0 Å². The van der Waals surface area contributed by atoms with Crippen molar-refractivity contribution in [3.05, 3.63) is 18.7 Å². The quantitative estimate of drug-likeness (QED) is 0.612. The second-order valence-corrected chi connectivity index (χ2v) is 2.99. The average Bonchev–Trinajstić information content (AvgIpc) is 2.36. The molecule has 0 radical (unpaired) electrons. The van der Waals surface area contributed by atoms with Crippen molar-refractivity contribution in [2.24, 2.45) is 5.92 Å². The standard InChI is InChI=1S/C8H14N2/c1-7(2)8(3)10-5-4-9-6-10/h4-8H,1-3H3/t8-/m1/s1. The van der Waals surface area contributed by atoms with E-state index < -0.39 is 0 Å². The summed E-state index contributed by atoms with van der Waals surface area (Å²) >= 11 is 0. The lowest BCUT2D eigenvalue weighted by Crippen LogP contribution is -2.08. The molecule has 0 aliphatic rings. The van der Waals surface area contributed by atoms with E-state index in [1.54, 1.807) is 0 Å². The Labute approximate surface area is 61.9 Å². The third-order valence-corrected chi connectivity index (χ3v) is 1.96. The fourth-order valence-electron chi connectivity index (χ4n) is 0.855. The molecule has 2 heteroatoms. The number of hydrogen-bond acceptors (Lipinski definition) is 1. The number of nitrogens with zero attached hydrogens (tertiary/aromatic N) is 2. The molecule has 0 fully saturated rings. The highest BCUT2D eigenvalue weighted by Crippen LogP contribution is 2.14. The van der Waals surface area contributed by atoms with Crippen LogP contribution in [0.2, 0.25) is 0 Å². The summed E-state index contributed by atoms with van der Waals surface area (Å²) in [6.45, 7) is 6.63. The van der Waals surface area contributed by atoms with Gasteiger partial charge in [0.15, 0.2) is 0 Å². The van der Waals surface area contributed by atoms with Crippen LogP contribution in [-0.4, -0.2) is 9.55 Å². The fourth-order valence-corrected chi connectivity index (χ4v) is 0.855. The smallest absolute Gasteiger partial charge is 0.0948 e. The molecule has 0 saturated heterocycles. The van der Waals surface area contributed by atoms with Gasteiger partial charge in [-0.1, -0.05) is 13.8 Å². The highest BCUT2D eigenvalue weighted by atomic mass is 15.0. The summed E-state index contributed by atoms with van der Waals surface area (Å²) in [7, 11) is 0. The fraction of sp³-hybridized carbons (Fsp3) is 0.625. The van der Waals surface area contributed by atoms with Gasteiger partial charge in [0, 0.05) is 18.4 Å². The lowest BCUT2D eigenvalue weighted by atomic mass is 10.1. The molecule has 0 unspecified atom stereocenters. The lowest BCUT2D eigenvalue weighted by Gasteiger charge is -2.16. The van der Waals surface area contributed by atoms with Crippen LogP contribution in [-0.2, 0) is 0 Å². The molecule has 1 aromatic heterocycles. The third-order valence-electron chi connectivity index (χ3n) is 1.96. The summed E-state index contributed by atoms with van der Waals surface area (Å²) in [6, 6.07) is 0.558. The first kappa shape index (κ1) is 7.32. The first-order chi connectivity index (χ1) is 4.72. The van der Waals surface area contributed by atoms with Crippen molar-refractivity contribution in [1.29, 1.82) is 0 Å². The van der Waals surface area contributed by atoms with Crippen LogP contribution in [0.5, 0.6) is 0 Å². The van der Waals surface area contributed by atoms with Crippen LogP contribution in [0.3, 0.4) is 0 Å². The molecule has 1 heterocycles. The van der Waals surface area contributed by atoms with Crippen molar-refractivity contribution in [1.82, 2.24) is 9.55 Å². The molecule has 0 bridgehead atoms. The van der Waals surface area contributed by atoms with E-state index in [9.17, 15) is 0 Å². The number of aromatic nitrogens is 2. The molecule has 56 valence electrons. The Morgan fingerprint density at radius 1 is 1.30 bits per heavy atom. The molecule has 2 nitrogen and oxygen atoms in total. The van der Waals surface area contributed by atoms with Gasteiger partial charge >= 0.3 is 0 Å². The molecule has 1 atom stereocenters. The van der Waals surface area contributed by atoms with E-state index in [1.807, 2.05) is 18.7 Å². The number of hydrogen-bond donors (Lipinski definition) is 0. The van der Waals surface area contributed by atoms with Gasteiger partial charge in [0.25, 0.3) is 0 Å². The molecule has 0 spiro atoms. The van der Waals surface area contributed by atoms with Crippen LogP contribution in [0.15, 0.2) is 18.7 Å². The van der Waals surface area contributed by atoms with Crippen molar-refractivity contribution >= 4 is 0 Å². The average molecular weight is 138 g/mol. The molecule has 0 aliphatic carbocycles. The highest BCUT2D eigenvalue weighted by molar-refractivity contribution is 4.79. The zero-order valence-electron chi connectivity index (χ0n) is 6.78. The Morgan fingerprint density at radius 3 is 2.40 bits per heavy atom. The largest absolute Gasteiger partial charge is 0.334 e.